The van der Waals surface area contributed by atoms with Gasteiger partial charge in [-0.1, -0.05) is 65.7 Å². The largest absolute Gasteiger partial charge is 0.494 e. The van der Waals surface area contributed by atoms with Crippen molar-refractivity contribution in [3.05, 3.63) is 105 Å². The van der Waals surface area contributed by atoms with Crippen LogP contribution >= 0.6 is 23.2 Å². The maximum Gasteiger partial charge on any atom is 0.389 e. The molecular weight excluding hydrogens is 590 g/mol. The van der Waals surface area contributed by atoms with Crippen LogP contribution in [0.25, 0.3) is 23.4 Å². The Labute approximate surface area is 251 Å². The van der Waals surface area contributed by atoms with E-state index in [0.29, 0.717) is 39.4 Å². The molecule has 0 bridgehead atoms. The van der Waals surface area contributed by atoms with Crippen LogP contribution in [0.3, 0.4) is 0 Å². The molecule has 0 saturated carbocycles. The summed E-state index contributed by atoms with van der Waals surface area (Å²) in [5, 5.41) is 0.982. The first-order valence-corrected chi connectivity index (χ1v) is 13.7. The van der Waals surface area contributed by atoms with Crippen molar-refractivity contribution in [3.63, 3.8) is 0 Å². The summed E-state index contributed by atoms with van der Waals surface area (Å²) in [5.41, 5.74) is 9.76. The Hall–Kier alpha value is -3.79. The molecule has 3 aromatic carbocycles. The molecule has 2 N–H and O–H groups in total. The molecule has 42 heavy (non-hydrogen) atoms. The summed E-state index contributed by atoms with van der Waals surface area (Å²) >= 11 is 12.5. The molecule has 1 heterocycles. The van der Waals surface area contributed by atoms with Crippen LogP contribution in [0.5, 0.6) is 5.75 Å². The lowest BCUT2D eigenvalue weighted by Crippen LogP contribution is -2.22. The highest BCUT2D eigenvalue weighted by Gasteiger charge is 2.26. The lowest BCUT2D eigenvalue weighted by Gasteiger charge is -2.11. The van der Waals surface area contributed by atoms with Crippen molar-refractivity contribution < 1.29 is 27.4 Å². The minimum absolute atomic E-state index is 0.0161. The molecule has 1 unspecified atom stereocenters. The van der Waals surface area contributed by atoms with Crippen molar-refractivity contribution in [1.29, 1.82) is 0 Å². The van der Waals surface area contributed by atoms with E-state index in [4.69, 9.17) is 43.4 Å². The molecule has 4 aromatic rings. The second-order valence-electron chi connectivity index (χ2n) is 9.45. The summed E-state index contributed by atoms with van der Waals surface area (Å²) in [6.45, 7) is 0.452. The maximum atomic E-state index is 12.3. The zero-order chi connectivity index (χ0) is 30.3. The number of hydrogen-bond acceptors (Lipinski definition) is 5. The van der Waals surface area contributed by atoms with Gasteiger partial charge in [0.2, 0.25) is 0 Å². The number of nitrogens with zero attached hydrogens (tertiary/aromatic N) is 2. The van der Waals surface area contributed by atoms with Crippen LogP contribution in [0.1, 0.15) is 41.4 Å². The van der Waals surface area contributed by atoms with Gasteiger partial charge in [-0.3, -0.25) is 4.79 Å². The SMILES string of the molecule is COC(=O)C(N)c1ccc(Cn2cc(-c3ccc(Cl)cc3Cl)nc2/C=C/c2ccc(OCCCC(F)(F)F)cc2)cc1. The first kappa shape index (κ1) is 31.2. The summed E-state index contributed by atoms with van der Waals surface area (Å²) in [4.78, 5) is 16.6. The second kappa shape index (κ2) is 13.9. The van der Waals surface area contributed by atoms with E-state index >= 15 is 0 Å². The highest BCUT2D eigenvalue weighted by atomic mass is 35.5. The molecule has 0 amide bonds. The van der Waals surface area contributed by atoms with Gasteiger partial charge in [-0.15, -0.1) is 0 Å². The Balaban J connectivity index is 1.54. The third-order valence-electron chi connectivity index (χ3n) is 6.34. The van der Waals surface area contributed by atoms with Gasteiger partial charge in [0.25, 0.3) is 0 Å². The summed E-state index contributed by atoms with van der Waals surface area (Å²) in [7, 11) is 1.29. The van der Waals surface area contributed by atoms with Crippen LogP contribution in [0.2, 0.25) is 10.0 Å². The number of methoxy groups -OCH3 is 1. The molecule has 11 heteroatoms. The Morgan fingerprint density at radius 3 is 2.40 bits per heavy atom. The molecule has 6 nitrogen and oxygen atoms in total. The van der Waals surface area contributed by atoms with Crippen molar-refractivity contribution in [2.75, 3.05) is 13.7 Å². The molecule has 0 aliphatic rings. The number of imidazole rings is 1. The van der Waals surface area contributed by atoms with E-state index in [1.54, 1.807) is 42.5 Å². The first-order valence-electron chi connectivity index (χ1n) is 12.9. The Bertz CT molecular complexity index is 1540. The number of hydrogen-bond donors (Lipinski definition) is 1. The molecular formula is C31H28Cl2F3N3O3. The number of alkyl halides is 3. The lowest BCUT2D eigenvalue weighted by molar-refractivity contribution is -0.142. The molecule has 1 aromatic heterocycles. The fourth-order valence-electron chi connectivity index (χ4n) is 4.12. The summed E-state index contributed by atoms with van der Waals surface area (Å²) in [6, 6.07) is 18.7. The van der Waals surface area contributed by atoms with Crippen LogP contribution in [-0.2, 0) is 16.1 Å². The van der Waals surface area contributed by atoms with Crippen LogP contribution in [0.4, 0.5) is 13.2 Å². The summed E-state index contributed by atoms with van der Waals surface area (Å²) in [5.74, 6) is 0.625. The fraction of sp³-hybridized carbons (Fsp3) is 0.226. The summed E-state index contributed by atoms with van der Waals surface area (Å²) < 4.78 is 49.1. The minimum atomic E-state index is -4.19. The number of nitrogens with two attached hydrogens (primary N) is 1. The number of rotatable bonds is 11. The smallest absolute Gasteiger partial charge is 0.389 e. The van der Waals surface area contributed by atoms with Gasteiger partial charge in [0.1, 0.15) is 17.6 Å². The van der Waals surface area contributed by atoms with Crippen molar-refractivity contribution in [1.82, 2.24) is 9.55 Å². The highest BCUT2D eigenvalue weighted by Crippen LogP contribution is 2.30. The van der Waals surface area contributed by atoms with E-state index in [-0.39, 0.29) is 13.0 Å². The van der Waals surface area contributed by atoms with Gasteiger partial charge in [-0.05, 0) is 59.5 Å². The van der Waals surface area contributed by atoms with E-state index in [1.165, 1.54) is 7.11 Å². The standard InChI is InChI=1S/C31H28Cl2F3N3O3/c1-41-30(40)29(37)22-8-3-21(4-9-22)18-39-19-27(25-13-10-23(32)17-26(25)33)38-28(39)14-7-20-5-11-24(12-6-20)42-16-2-15-31(34,35)36/h3-14,17,19,29H,2,15-16,18,37H2,1H3/b14-7+. The third-order valence-corrected chi connectivity index (χ3v) is 6.89. The zero-order valence-electron chi connectivity index (χ0n) is 22.6. The van der Waals surface area contributed by atoms with Crippen molar-refractivity contribution in [2.45, 2.75) is 31.6 Å². The topological polar surface area (TPSA) is 79.4 Å². The minimum Gasteiger partial charge on any atom is -0.494 e. The Morgan fingerprint density at radius 1 is 1.05 bits per heavy atom. The molecule has 0 spiro atoms. The van der Waals surface area contributed by atoms with Gasteiger partial charge >= 0.3 is 12.1 Å². The normalized spacial score (nSPS) is 12.5. The number of esters is 1. The number of aromatic nitrogens is 2. The number of carbonyl (C=O) groups is 1. The third kappa shape index (κ3) is 8.61. The Kier molecular flexibility index (Phi) is 10.3. The fourth-order valence-corrected chi connectivity index (χ4v) is 4.62. The number of halogens is 5. The monoisotopic (exact) mass is 617 g/mol. The molecule has 220 valence electrons. The van der Waals surface area contributed by atoms with Crippen LogP contribution in [0, 0.1) is 0 Å². The highest BCUT2D eigenvalue weighted by molar-refractivity contribution is 6.36. The molecule has 0 radical (unpaired) electrons. The van der Waals surface area contributed by atoms with E-state index in [2.05, 4.69) is 0 Å². The van der Waals surface area contributed by atoms with E-state index < -0.39 is 24.6 Å². The molecule has 0 aliphatic carbocycles. The van der Waals surface area contributed by atoms with Crippen molar-refractivity contribution in [3.8, 4) is 17.0 Å². The number of benzene rings is 3. The number of ether oxygens (including phenoxy) is 2. The van der Waals surface area contributed by atoms with Gasteiger partial charge in [0.05, 0.1) is 24.4 Å². The molecule has 0 fully saturated rings. The van der Waals surface area contributed by atoms with Crippen molar-refractivity contribution >= 4 is 41.3 Å². The number of carbonyl (C=O) groups excluding carboxylic acids is 1. The molecule has 0 aliphatic heterocycles. The Morgan fingerprint density at radius 2 is 1.76 bits per heavy atom. The van der Waals surface area contributed by atoms with Gasteiger partial charge < -0.3 is 19.8 Å². The summed E-state index contributed by atoms with van der Waals surface area (Å²) in [6.07, 6.45) is 0.445. The first-order chi connectivity index (χ1) is 20.0. The van der Waals surface area contributed by atoms with Gasteiger partial charge in [-0.25, -0.2) is 4.98 Å². The molecule has 0 saturated heterocycles. The van der Waals surface area contributed by atoms with Crippen LogP contribution in [0.15, 0.2) is 72.9 Å². The zero-order valence-corrected chi connectivity index (χ0v) is 24.1. The van der Waals surface area contributed by atoms with E-state index in [9.17, 15) is 18.0 Å². The average Bonchev–Trinajstić information content (AvgIpc) is 3.35. The molecule has 4 rings (SSSR count). The van der Waals surface area contributed by atoms with Crippen LogP contribution in [-0.4, -0.2) is 35.4 Å². The average molecular weight is 618 g/mol. The van der Waals surface area contributed by atoms with Gasteiger partial charge in [0.15, 0.2) is 0 Å². The predicted molar refractivity (Wildman–Crippen MR) is 158 cm³/mol. The van der Waals surface area contributed by atoms with E-state index in [0.717, 1.165) is 16.7 Å². The quantitative estimate of drug-likeness (QED) is 0.136. The molecule has 1 atom stereocenters. The van der Waals surface area contributed by atoms with Gasteiger partial charge in [0, 0.05) is 29.7 Å². The van der Waals surface area contributed by atoms with Crippen molar-refractivity contribution in [2.24, 2.45) is 5.73 Å². The maximum absolute atomic E-state index is 12.3. The predicted octanol–water partition coefficient (Wildman–Crippen LogP) is 7.97. The second-order valence-corrected chi connectivity index (χ2v) is 10.3. The van der Waals surface area contributed by atoms with Crippen LogP contribution < -0.4 is 10.5 Å². The van der Waals surface area contributed by atoms with E-state index in [1.807, 2.05) is 47.2 Å². The van der Waals surface area contributed by atoms with Gasteiger partial charge in [-0.2, -0.15) is 13.2 Å². The lowest BCUT2D eigenvalue weighted by atomic mass is 10.1.